The van der Waals surface area contributed by atoms with Crippen LogP contribution in [-0.4, -0.2) is 30.3 Å². The highest BCUT2D eigenvalue weighted by molar-refractivity contribution is 5.79. The second-order valence-electron chi connectivity index (χ2n) is 4.31. The van der Waals surface area contributed by atoms with Gasteiger partial charge in [-0.2, -0.15) is 0 Å². The van der Waals surface area contributed by atoms with E-state index in [1.165, 1.54) is 7.11 Å². The summed E-state index contributed by atoms with van der Waals surface area (Å²) in [4.78, 5) is 11.3. The molecule has 0 heterocycles. The van der Waals surface area contributed by atoms with Gasteiger partial charge < -0.3 is 20.3 Å². The smallest absolute Gasteiger partial charge is 0.325 e. The normalized spacial score (nSPS) is 13.8. The molecule has 0 fully saturated rings. The van der Waals surface area contributed by atoms with E-state index in [9.17, 15) is 4.79 Å². The average Bonchev–Trinajstić information content (AvgIpc) is 2.37. The fraction of sp³-hybridized carbons (Fsp3) is 0.462. The van der Waals surface area contributed by atoms with Crippen LogP contribution >= 0.6 is 0 Å². The second kappa shape index (κ2) is 6.37. The van der Waals surface area contributed by atoms with Crippen molar-refractivity contribution < 1.29 is 19.4 Å². The number of ether oxygens (including phenoxy) is 2. The molecular formula is C13H19NO4. The number of hydrogen-bond acceptors (Lipinski definition) is 5. The number of benzene rings is 1. The van der Waals surface area contributed by atoms with Crippen molar-refractivity contribution in [3.63, 3.8) is 0 Å². The van der Waals surface area contributed by atoms with Crippen LogP contribution in [0, 0.1) is 0 Å². The van der Waals surface area contributed by atoms with Crippen molar-refractivity contribution in [2.24, 2.45) is 5.73 Å². The Morgan fingerprint density at radius 3 is 2.83 bits per heavy atom. The molecule has 1 rings (SSSR count). The maximum absolute atomic E-state index is 11.3. The molecule has 0 radical (unpaired) electrons. The molecule has 0 aliphatic carbocycles. The van der Waals surface area contributed by atoms with Crippen LogP contribution < -0.4 is 10.5 Å². The van der Waals surface area contributed by atoms with Crippen molar-refractivity contribution >= 4 is 5.97 Å². The zero-order valence-electron chi connectivity index (χ0n) is 10.7. The lowest BCUT2D eigenvalue weighted by Gasteiger charge is -2.21. The predicted octanol–water partition coefficient (Wildman–Crippen LogP) is 0.838. The molecule has 5 nitrogen and oxygen atoms in total. The summed E-state index contributed by atoms with van der Waals surface area (Å²) in [6, 6.07) is 7.12. The van der Waals surface area contributed by atoms with Crippen molar-refractivity contribution in [1.29, 1.82) is 0 Å². The molecule has 0 saturated carbocycles. The van der Waals surface area contributed by atoms with Crippen molar-refractivity contribution in [1.82, 2.24) is 0 Å². The Hall–Kier alpha value is -1.59. The minimum atomic E-state index is -1.05. The Balaban J connectivity index is 2.48. The summed E-state index contributed by atoms with van der Waals surface area (Å²) in [6.07, 6.45) is 0.350. The lowest BCUT2D eigenvalue weighted by Crippen LogP contribution is -2.46. The molecule has 0 bridgehead atoms. The van der Waals surface area contributed by atoms with Gasteiger partial charge in [0.25, 0.3) is 0 Å². The first-order valence-corrected chi connectivity index (χ1v) is 5.69. The number of methoxy groups -OCH3 is 1. The Morgan fingerprint density at radius 1 is 1.50 bits per heavy atom. The van der Waals surface area contributed by atoms with Crippen molar-refractivity contribution in [2.75, 3.05) is 13.7 Å². The number of aliphatic hydroxyl groups is 1. The van der Waals surface area contributed by atoms with Crippen LogP contribution in [0.5, 0.6) is 5.75 Å². The highest BCUT2D eigenvalue weighted by Crippen LogP contribution is 2.15. The monoisotopic (exact) mass is 253 g/mol. The fourth-order valence-electron chi connectivity index (χ4n) is 1.45. The molecular weight excluding hydrogens is 234 g/mol. The SMILES string of the molecule is COC(=O)C(C)(N)CCOc1cccc(CO)c1. The third kappa shape index (κ3) is 4.01. The van der Waals surface area contributed by atoms with Crippen LogP contribution in [0.2, 0.25) is 0 Å². The topological polar surface area (TPSA) is 81.8 Å². The molecule has 5 heteroatoms. The van der Waals surface area contributed by atoms with Gasteiger partial charge in [-0.25, -0.2) is 0 Å². The van der Waals surface area contributed by atoms with Gasteiger partial charge in [0.15, 0.2) is 0 Å². The molecule has 1 unspecified atom stereocenters. The third-order valence-corrected chi connectivity index (χ3v) is 2.62. The lowest BCUT2D eigenvalue weighted by atomic mass is 10.0. The van der Waals surface area contributed by atoms with Gasteiger partial charge in [0, 0.05) is 6.42 Å². The van der Waals surface area contributed by atoms with E-state index >= 15 is 0 Å². The molecule has 0 saturated heterocycles. The molecule has 1 aromatic rings. The molecule has 0 aromatic heterocycles. The van der Waals surface area contributed by atoms with Gasteiger partial charge in [0.05, 0.1) is 20.3 Å². The summed E-state index contributed by atoms with van der Waals surface area (Å²) in [6.45, 7) is 1.87. The van der Waals surface area contributed by atoms with Gasteiger partial charge in [0.2, 0.25) is 0 Å². The number of carbonyl (C=O) groups excluding carboxylic acids is 1. The average molecular weight is 253 g/mol. The van der Waals surface area contributed by atoms with Crippen LogP contribution in [0.25, 0.3) is 0 Å². The maximum Gasteiger partial charge on any atom is 0.325 e. The van der Waals surface area contributed by atoms with E-state index in [0.717, 1.165) is 5.56 Å². The zero-order valence-corrected chi connectivity index (χ0v) is 10.7. The first-order chi connectivity index (χ1) is 8.49. The van der Waals surface area contributed by atoms with Crippen LogP contribution in [0.3, 0.4) is 0 Å². The van der Waals surface area contributed by atoms with Crippen LogP contribution in [0.15, 0.2) is 24.3 Å². The zero-order chi connectivity index (χ0) is 13.6. The minimum Gasteiger partial charge on any atom is -0.493 e. The van der Waals surface area contributed by atoms with Gasteiger partial charge in [-0.15, -0.1) is 0 Å². The first-order valence-electron chi connectivity index (χ1n) is 5.69. The van der Waals surface area contributed by atoms with Gasteiger partial charge in [0.1, 0.15) is 11.3 Å². The van der Waals surface area contributed by atoms with Gasteiger partial charge in [-0.05, 0) is 24.6 Å². The summed E-state index contributed by atoms with van der Waals surface area (Å²) in [5.41, 5.74) is 5.52. The predicted molar refractivity (Wildman–Crippen MR) is 67.1 cm³/mol. The number of rotatable bonds is 6. The molecule has 0 aliphatic rings. The lowest BCUT2D eigenvalue weighted by molar-refractivity contribution is -0.146. The Labute approximate surface area is 107 Å². The third-order valence-electron chi connectivity index (χ3n) is 2.62. The van der Waals surface area contributed by atoms with E-state index in [-0.39, 0.29) is 6.61 Å². The van der Waals surface area contributed by atoms with Crippen LogP contribution in [0.4, 0.5) is 0 Å². The number of nitrogens with two attached hydrogens (primary N) is 1. The number of aliphatic hydroxyl groups excluding tert-OH is 1. The van der Waals surface area contributed by atoms with Crippen LogP contribution in [0.1, 0.15) is 18.9 Å². The Kier molecular flexibility index (Phi) is 5.12. The van der Waals surface area contributed by atoms with Gasteiger partial charge in [-0.1, -0.05) is 12.1 Å². The first kappa shape index (κ1) is 14.5. The standard InChI is InChI=1S/C13H19NO4/c1-13(14,12(16)17-2)6-7-18-11-5-3-4-10(8-11)9-15/h3-5,8,15H,6-7,9,14H2,1-2H3. The van der Waals surface area contributed by atoms with Gasteiger partial charge >= 0.3 is 5.97 Å². The minimum absolute atomic E-state index is 0.0338. The molecule has 1 aromatic carbocycles. The van der Waals surface area contributed by atoms with Crippen molar-refractivity contribution in [3.8, 4) is 5.75 Å². The largest absolute Gasteiger partial charge is 0.493 e. The summed E-state index contributed by atoms with van der Waals surface area (Å²) >= 11 is 0. The Bertz CT molecular complexity index is 404. The molecule has 3 N–H and O–H groups in total. The van der Waals surface area contributed by atoms with Gasteiger partial charge in [-0.3, -0.25) is 4.79 Å². The molecule has 0 spiro atoms. The highest BCUT2D eigenvalue weighted by atomic mass is 16.5. The molecule has 0 amide bonds. The molecule has 1 atom stereocenters. The van der Waals surface area contributed by atoms with E-state index < -0.39 is 11.5 Å². The maximum atomic E-state index is 11.3. The number of esters is 1. The summed E-state index contributed by atoms with van der Waals surface area (Å²) in [7, 11) is 1.30. The highest BCUT2D eigenvalue weighted by Gasteiger charge is 2.29. The quantitative estimate of drug-likeness (QED) is 0.734. The molecule has 100 valence electrons. The van der Waals surface area contributed by atoms with Crippen molar-refractivity contribution in [3.05, 3.63) is 29.8 Å². The molecule has 0 aliphatic heterocycles. The fourth-order valence-corrected chi connectivity index (χ4v) is 1.45. The number of carbonyl (C=O) groups is 1. The van der Waals surface area contributed by atoms with E-state index in [4.69, 9.17) is 15.6 Å². The second-order valence-corrected chi connectivity index (χ2v) is 4.31. The number of hydrogen-bond donors (Lipinski definition) is 2. The van der Waals surface area contributed by atoms with Crippen molar-refractivity contribution in [2.45, 2.75) is 25.5 Å². The Morgan fingerprint density at radius 2 is 2.22 bits per heavy atom. The molecule has 18 heavy (non-hydrogen) atoms. The summed E-state index contributed by atoms with van der Waals surface area (Å²) in [5, 5.41) is 8.98. The summed E-state index contributed by atoms with van der Waals surface area (Å²) < 4.78 is 10.1. The summed E-state index contributed by atoms with van der Waals surface area (Å²) in [5.74, 6) is 0.178. The van der Waals surface area contributed by atoms with Crippen LogP contribution in [-0.2, 0) is 16.1 Å². The van der Waals surface area contributed by atoms with E-state index in [1.807, 2.05) is 0 Å². The van der Waals surface area contributed by atoms with E-state index in [1.54, 1.807) is 31.2 Å². The van der Waals surface area contributed by atoms with E-state index in [2.05, 4.69) is 4.74 Å². The van der Waals surface area contributed by atoms with E-state index in [0.29, 0.717) is 18.8 Å².